The maximum Gasteiger partial charge on any atom is 0.0723 e. The third-order valence-electron chi connectivity index (χ3n) is 4.11. The van der Waals surface area contributed by atoms with Crippen LogP contribution in [-0.2, 0) is 6.54 Å². The molecule has 0 spiro atoms. The van der Waals surface area contributed by atoms with E-state index in [0.717, 1.165) is 23.5 Å². The van der Waals surface area contributed by atoms with Gasteiger partial charge in [0.2, 0.25) is 0 Å². The van der Waals surface area contributed by atoms with E-state index in [0.29, 0.717) is 12.6 Å². The molecule has 3 nitrogen and oxygen atoms in total. The average molecular weight is 255 g/mol. The first-order chi connectivity index (χ1) is 9.20. The zero-order valence-corrected chi connectivity index (χ0v) is 11.6. The summed E-state index contributed by atoms with van der Waals surface area (Å²) in [5.74, 6) is 0.743. The number of pyridine rings is 1. The summed E-state index contributed by atoms with van der Waals surface area (Å²) in [6, 6.07) is 8.93. The van der Waals surface area contributed by atoms with Crippen molar-refractivity contribution in [2.75, 3.05) is 11.4 Å². The van der Waals surface area contributed by atoms with E-state index in [1.165, 1.54) is 17.5 Å². The minimum atomic E-state index is 0.546. The molecule has 0 aliphatic carbocycles. The van der Waals surface area contributed by atoms with Crippen LogP contribution in [0.2, 0.25) is 0 Å². The van der Waals surface area contributed by atoms with E-state index in [2.05, 4.69) is 41.9 Å². The summed E-state index contributed by atoms with van der Waals surface area (Å²) in [5.41, 5.74) is 9.43. The Kier molecular flexibility index (Phi) is 3.15. The third kappa shape index (κ3) is 2.08. The predicted molar refractivity (Wildman–Crippen MR) is 80.2 cm³/mol. The van der Waals surface area contributed by atoms with Crippen LogP contribution in [0.1, 0.15) is 25.8 Å². The number of fused-ring (bicyclic) bond motifs is 1. The molecule has 2 unspecified atom stereocenters. The zero-order chi connectivity index (χ0) is 13.4. The fourth-order valence-electron chi connectivity index (χ4n) is 3.27. The molecule has 100 valence electrons. The molecule has 1 aliphatic rings. The highest BCUT2D eigenvalue weighted by Crippen LogP contribution is 2.35. The smallest absolute Gasteiger partial charge is 0.0723 e. The average Bonchev–Trinajstić information content (AvgIpc) is 2.76. The van der Waals surface area contributed by atoms with E-state index < -0.39 is 0 Å². The first-order valence-corrected chi connectivity index (χ1v) is 7.04. The number of hydrogen-bond donors (Lipinski definition) is 1. The molecule has 0 amide bonds. The van der Waals surface area contributed by atoms with Crippen molar-refractivity contribution in [2.45, 2.75) is 32.9 Å². The van der Waals surface area contributed by atoms with Gasteiger partial charge in [-0.1, -0.05) is 25.1 Å². The number of rotatable bonds is 2. The minimum Gasteiger partial charge on any atom is -0.368 e. The molecule has 1 saturated heterocycles. The quantitative estimate of drug-likeness (QED) is 0.897. The molecule has 0 bridgehead atoms. The maximum atomic E-state index is 5.92. The van der Waals surface area contributed by atoms with Crippen molar-refractivity contribution in [3.8, 4) is 0 Å². The van der Waals surface area contributed by atoms with Crippen LogP contribution in [0.3, 0.4) is 0 Å². The van der Waals surface area contributed by atoms with Crippen molar-refractivity contribution in [3.05, 3.63) is 36.0 Å². The lowest BCUT2D eigenvalue weighted by atomic mass is 10.1. The fraction of sp³-hybridized carbons (Fsp3) is 0.438. The predicted octanol–water partition coefficient (Wildman–Crippen LogP) is 2.93. The molecule has 2 N–H and O–H groups in total. The Bertz CT molecular complexity index is 594. The second kappa shape index (κ2) is 4.82. The molecule has 2 atom stereocenters. The van der Waals surface area contributed by atoms with Gasteiger partial charge in [0.15, 0.2) is 0 Å². The van der Waals surface area contributed by atoms with Gasteiger partial charge in [-0.15, -0.1) is 0 Å². The van der Waals surface area contributed by atoms with E-state index in [1.54, 1.807) is 0 Å². The summed E-state index contributed by atoms with van der Waals surface area (Å²) in [4.78, 5) is 7.03. The monoisotopic (exact) mass is 255 g/mol. The molecule has 1 fully saturated rings. The van der Waals surface area contributed by atoms with E-state index in [-0.39, 0.29) is 0 Å². The normalized spacial score (nSPS) is 23.2. The van der Waals surface area contributed by atoms with Crippen molar-refractivity contribution < 1.29 is 0 Å². The van der Waals surface area contributed by atoms with Gasteiger partial charge in [-0.2, -0.15) is 0 Å². The minimum absolute atomic E-state index is 0.546. The number of hydrogen-bond acceptors (Lipinski definition) is 3. The van der Waals surface area contributed by atoms with Gasteiger partial charge >= 0.3 is 0 Å². The first kappa shape index (κ1) is 12.4. The van der Waals surface area contributed by atoms with Gasteiger partial charge in [0, 0.05) is 36.3 Å². The van der Waals surface area contributed by atoms with Crippen LogP contribution in [0.25, 0.3) is 10.9 Å². The summed E-state index contributed by atoms with van der Waals surface area (Å²) >= 11 is 0. The number of benzene rings is 1. The van der Waals surface area contributed by atoms with E-state index in [9.17, 15) is 0 Å². The van der Waals surface area contributed by atoms with E-state index >= 15 is 0 Å². The molecule has 1 aliphatic heterocycles. The Morgan fingerprint density at radius 2 is 2.11 bits per heavy atom. The second-order valence-electron chi connectivity index (χ2n) is 5.70. The van der Waals surface area contributed by atoms with Crippen molar-refractivity contribution in [1.29, 1.82) is 0 Å². The van der Waals surface area contributed by atoms with E-state index in [4.69, 9.17) is 5.73 Å². The molecule has 0 radical (unpaired) electrons. The highest BCUT2D eigenvalue weighted by atomic mass is 15.2. The summed E-state index contributed by atoms with van der Waals surface area (Å²) in [6.07, 6.45) is 3.19. The Morgan fingerprint density at radius 1 is 1.32 bits per heavy atom. The standard InChI is InChI=1S/C16H21N3/c1-11-7-12(2)19(10-11)16-13(8-17)9-18-15-6-4-3-5-14(15)16/h3-6,9,11-12H,7-8,10,17H2,1-2H3. The molecule has 0 saturated carbocycles. The number of aromatic nitrogens is 1. The fourth-order valence-corrected chi connectivity index (χ4v) is 3.27. The van der Waals surface area contributed by atoms with Gasteiger partial charge in [-0.25, -0.2) is 0 Å². The highest BCUT2D eigenvalue weighted by Gasteiger charge is 2.28. The molecule has 19 heavy (non-hydrogen) atoms. The molecule has 1 aromatic carbocycles. The highest BCUT2D eigenvalue weighted by molar-refractivity contribution is 5.93. The maximum absolute atomic E-state index is 5.92. The number of nitrogens with two attached hydrogens (primary N) is 1. The van der Waals surface area contributed by atoms with Crippen LogP contribution in [-0.4, -0.2) is 17.6 Å². The summed E-state index contributed by atoms with van der Waals surface area (Å²) in [6.45, 7) is 6.29. The van der Waals surface area contributed by atoms with Crippen molar-refractivity contribution >= 4 is 16.6 Å². The summed E-state index contributed by atoms with van der Waals surface area (Å²) in [5, 5.41) is 1.23. The van der Waals surface area contributed by atoms with Crippen LogP contribution < -0.4 is 10.6 Å². The molecular weight excluding hydrogens is 234 g/mol. The Hall–Kier alpha value is -1.61. The Labute approximate surface area is 114 Å². The van der Waals surface area contributed by atoms with Gasteiger partial charge in [0.1, 0.15) is 0 Å². The van der Waals surface area contributed by atoms with Crippen molar-refractivity contribution in [2.24, 2.45) is 11.7 Å². The lowest BCUT2D eigenvalue weighted by Crippen LogP contribution is -2.28. The van der Waals surface area contributed by atoms with Crippen LogP contribution in [0.5, 0.6) is 0 Å². The van der Waals surface area contributed by atoms with Gasteiger partial charge < -0.3 is 10.6 Å². The number of nitrogens with zero attached hydrogens (tertiary/aromatic N) is 2. The lowest BCUT2D eigenvalue weighted by molar-refractivity contribution is 0.625. The van der Waals surface area contributed by atoms with Gasteiger partial charge in [-0.3, -0.25) is 4.98 Å². The Morgan fingerprint density at radius 3 is 2.79 bits per heavy atom. The first-order valence-electron chi connectivity index (χ1n) is 7.04. The molecular formula is C16H21N3. The van der Waals surface area contributed by atoms with Gasteiger partial charge in [0.05, 0.1) is 11.2 Å². The molecule has 2 heterocycles. The molecule has 2 aromatic rings. The Balaban J connectivity index is 2.20. The summed E-state index contributed by atoms with van der Waals surface area (Å²) < 4.78 is 0. The third-order valence-corrected chi connectivity index (χ3v) is 4.11. The van der Waals surface area contributed by atoms with Crippen LogP contribution in [0.15, 0.2) is 30.5 Å². The zero-order valence-electron chi connectivity index (χ0n) is 11.6. The van der Waals surface area contributed by atoms with Gasteiger partial charge in [-0.05, 0) is 25.3 Å². The lowest BCUT2D eigenvalue weighted by Gasteiger charge is -2.27. The van der Waals surface area contributed by atoms with Gasteiger partial charge in [0.25, 0.3) is 0 Å². The largest absolute Gasteiger partial charge is 0.368 e. The van der Waals surface area contributed by atoms with Crippen molar-refractivity contribution in [3.63, 3.8) is 0 Å². The molecule has 3 heteroatoms. The topological polar surface area (TPSA) is 42.1 Å². The SMILES string of the molecule is CC1CC(C)N(c2c(CN)cnc3ccccc23)C1. The molecule has 1 aromatic heterocycles. The van der Waals surface area contributed by atoms with Crippen molar-refractivity contribution in [1.82, 2.24) is 4.98 Å². The van der Waals surface area contributed by atoms with Crippen LogP contribution in [0, 0.1) is 5.92 Å². The molecule has 3 rings (SSSR count). The second-order valence-corrected chi connectivity index (χ2v) is 5.70. The summed E-state index contributed by atoms with van der Waals surface area (Å²) in [7, 11) is 0. The number of anilines is 1. The number of para-hydroxylation sites is 1. The van der Waals surface area contributed by atoms with Crippen LogP contribution in [0.4, 0.5) is 5.69 Å². The van der Waals surface area contributed by atoms with E-state index in [1.807, 2.05) is 12.3 Å². The van der Waals surface area contributed by atoms with Crippen LogP contribution >= 0.6 is 0 Å².